The van der Waals surface area contributed by atoms with Crippen molar-refractivity contribution < 1.29 is 23.9 Å². The molecule has 10 heteroatoms. The van der Waals surface area contributed by atoms with Gasteiger partial charge in [0.1, 0.15) is 5.75 Å². The van der Waals surface area contributed by atoms with E-state index >= 15 is 0 Å². The minimum absolute atomic E-state index is 0.0349. The summed E-state index contributed by atoms with van der Waals surface area (Å²) in [5.74, 6) is -0.451. The van der Waals surface area contributed by atoms with E-state index in [4.69, 9.17) is 4.74 Å². The van der Waals surface area contributed by atoms with Crippen molar-refractivity contribution in [3.05, 3.63) is 47.8 Å². The predicted molar refractivity (Wildman–Crippen MR) is 116 cm³/mol. The van der Waals surface area contributed by atoms with Gasteiger partial charge in [0.05, 0.1) is 25.4 Å². The first-order valence-corrected chi connectivity index (χ1v) is 10.3. The zero-order valence-electron chi connectivity index (χ0n) is 18.5. The number of ether oxygens (including phenoxy) is 2. The second-order valence-electron chi connectivity index (χ2n) is 7.52. The lowest BCUT2D eigenvalue weighted by Crippen LogP contribution is -2.36. The van der Waals surface area contributed by atoms with Gasteiger partial charge in [-0.25, -0.2) is 4.79 Å². The molecule has 32 heavy (non-hydrogen) atoms. The normalized spacial score (nSPS) is 13.3. The summed E-state index contributed by atoms with van der Waals surface area (Å²) in [4.78, 5) is 40.0. The molecule has 1 aromatic carbocycles. The number of aryl methyl sites for hydroxylation is 1. The molecule has 2 heterocycles. The molecule has 0 bridgehead atoms. The van der Waals surface area contributed by atoms with E-state index in [9.17, 15) is 14.4 Å². The van der Waals surface area contributed by atoms with Crippen molar-refractivity contribution in [1.29, 1.82) is 0 Å². The lowest BCUT2D eigenvalue weighted by molar-refractivity contribution is -0.143. The van der Waals surface area contributed by atoms with E-state index in [0.717, 1.165) is 17.6 Å². The maximum absolute atomic E-state index is 12.7. The van der Waals surface area contributed by atoms with Crippen LogP contribution in [0.3, 0.4) is 0 Å². The summed E-state index contributed by atoms with van der Waals surface area (Å²) in [7, 11) is 4.56. The topological polar surface area (TPSA) is 107 Å². The van der Waals surface area contributed by atoms with Crippen LogP contribution in [-0.2, 0) is 20.9 Å². The molecule has 1 aliphatic heterocycles. The van der Waals surface area contributed by atoms with Crippen LogP contribution in [0.15, 0.2) is 36.7 Å². The monoisotopic (exact) mass is 441 g/mol. The van der Waals surface area contributed by atoms with Gasteiger partial charge in [-0.05, 0) is 29.7 Å². The number of esters is 1. The highest BCUT2D eigenvalue weighted by Crippen LogP contribution is 2.28. The summed E-state index contributed by atoms with van der Waals surface area (Å²) in [6.45, 7) is 1.26. The molecule has 1 aromatic heterocycles. The Morgan fingerprint density at radius 1 is 1.22 bits per heavy atom. The Bertz CT molecular complexity index is 1000. The van der Waals surface area contributed by atoms with Gasteiger partial charge in [-0.2, -0.15) is 0 Å². The third-order valence-electron chi connectivity index (χ3n) is 5.09. The number of benzene rings is 1. The minimum Gasteiger partial charge on any atom is -0.481 e. The first-order chi connectivity index (χ1) is 15.4. The Morgan fingerprint density at radius 3 is 2.72 bits per heavy atom. The van der Waals surface area contributed by atoms with E-state index in [0.29, 0.717) is 37.4 Å². The molecule has 0 radical (unpaired) electrons. The molecule has 2 aromatic rings. The largest absolute Gasteiger partial charge is 0.481 e. The van der Waals surface area contributed by atoms with Crippen molar-refractivity contribution in [2.45, 2.75) is 19.4 Å². The number of amides is 2. The van der Waals surface area contributed by atoms with Gasteiger partial charge in [-0.3, -0.25) is 14.3 Å². The van der Waals surface area contributed by atoms with Gasteiger partial charge in [-0.1, -0.05) is 17.4 Å². The summed E-state index contributed by atoms with van der Waals surface area (Å²) in [6, 6.07) is 5.24. The van der Waals surface area contributed by atoms with E-state index in [2.05, 4.69) is 21.1 Å². The van der Waals surface area contributed by atoms with E-state index in [1.54, 1.807) is 48.2 Å². The number of carbonyl (C=O) groups excluding carboxylic acids is 3. The van der Waals surface area contributed by atoms with Crippen molar-refractivity contribution in [3.8, 4) is 5.75 Å². The molecule has 10 nitrogen and oxygen atoms in total. The zero-order valence-corrected chi connectivity index (χ0v) is 18.5. The van der Waals surface area contributed by atoms with Gasteiger partial charge in [0.2, 0.25) is 5.91 Å². The maximum atomic E-state index is 12.7. The molecule has 2 amide bonds. The first kappa shape index (κ1) is 23.0. The molecule has 0 saturated heterocycles. The molecule has 0 fully saturated rings. The highest BCUT2D eigenvalue weighted by atomic mass is 16.6. The SMILES string of the molecule is COC(=O)COc1cc(C2=CCCN(C(=O)CCn3ccnn3)C2)ccc1C(=O)N(C)C. The average molecular weight is 441 g/mol. The van der Waals surface area contributed by atoms with Gasteiger partial charge in [0.15, 0.2) is 6.61 Å². The number of methoxy groups -OCH3 is 1. The van der Waals surface area contributed by atoms with Crippen LogP contribution >= 0.6 is 0 Å². The molecule has 0 atom stereocenters. The average Bonchev–Trinajstić information content (AvgIpc) is 3.34. The van der Waals surface area contributed by atoms with Crippen LogP contribution in [0.5, 0.6) is 5.75 Å². The van der Waals surface area contributed by atoms with Crippen LogP contribution in [0.2, 0.25) is 0 Å². The van der Waals surface area contributed by atoms with Gasteiger partial charge >= 0.3 is 5.97 Å². The second kappa shape index (κ2) is 10.6. The third kappa shape index (κ3) is 5.71. The van der Waals surface area contributed by atoms with Crippen LogP contribution in [0.4, 0.5) is 0 Å². The van der Waals surface area contributed by atoms with Crippen LogP contribution < -0.4 is 4.74 Å². The zero-order chi connectivity index (χ0) is 23.1. The van der Waals surface area contributed by atoms with Crippen molar-refractivity contribution in [3.63, 3.8) is 0 Å². The Hall–Kier alpha value is -3.69. The number of hydrogen-bond donors (Lipinski definition) is 0. The van der Waals surface area contributed by atoms with Crippen molar-refractivity contribution in [1.82, 2.24) is 24.8 Å². The molecular formula is C22H27N5O5. The second-order valence-corrected chi connectivity index (χ2v) is 7.52. The van der Waals surface area contributed by atoms with Gasteiger partial charge in [-0.15, -0.1) is 5.10 Å². The first-order valence-electron chi connectivity index (χ1n) is 10.3. The molecular weight excluding hydrogens is 414 g/mol. The minimum atomic E-state index is -0.542. The van der Waals surface area contributed by atoms with Crippen molar-refractivity contribution >= 4 is 23.4 Å². The molecule has 170 valence electrons. The Kier molecular flexibility index (Phi) is 7.58. The van der Waals surface area contributed by atoms with E-state index in [-0.39, 0.29) is 18.4 Å². The molecule has 0 N–H and O–H groups in total. The molecule has 0 unspecified atom stereocenters. The summed E-state index contributed by atoms with van der Waals surface area (Å²) < 4.78 is 11.9. The Balaban J connectivity index is 1.75. The van der Waals surface area contributed by atoms with Crippen LogP contribution in [0.25, 0.3) is 5.57 Å². The summed E-state index contributed by atoms with van der Waals surface area (Å²) in [5.41, 5.74) is 2.13. The Labute approximate surface area is 186 Å². The fraction of sp³-hybridized carbons (Fsp3) is 0.409. The lowest BCUT2D eigenvalue weighted by Gasteiger charge is -2.28. The quantitative estimate of drug-likeness (QED) is 0.567. The number of carbonyl (C=O) groups is 3. The molecule has 1 aliphatic rings. The number of nitrogens with zero attached hydrogens (tertiary/aromatic N) is 5. The van der Waals surface area contributed by atoms with E-state index in [1.165, 1.54) is 12.0 Å². The fourth-order valence-electron chi connectivity index (χ4n) is 3.34. The highest BCUT2D eigenvalue weighted by Gasteiger charge is 2.22. The lowest BCUT2D eigenvalue weighted by atomic mass is 9.98. The van der Waals surface area contributed by atoms with Crippen molar-refractivity contribution in [2.24, 2.45) is 0 Å². The number of aromatic nitrogens is 3. The molecule has 0 spiro atoms. The number of hydrogen-bond acceptors (Lipinski definition) is 7. The van der Waals surface area contributed by atoms with Crippen LogP contribution in [0.1, 0.15) is 28.8 Å². The predicted octanol–water partition coefficient (Wildman–Crippen LogP) is 1.24. The van der Waals surface area contributed by atoms with E-state index < -0.39 is 5.97 Å². The van der Waals surface area contributed by atoms with Crippen molar-refractivity contribution in [2.75, 3.05) is 40.9 Å². The summed E-state index contributed by atoms with van der Waals surface area (Å²) >= 11 is 0. The van der Waals surface area contributed by atoms with Gasteiger partial charge in [0.25, 0.3) is 5.91 Å². The van der Waals surface area contributed by atoms with E-state index in [1.807, 2.05) is 6.07 Å². The highest BCUT2D eigenvalue weighted by molar-refractivity contribution is 5.97. The molecule has 0 aliphatic carbocycles. The Morgan fingerprint density at radius 2 is 2.03 bits per heavy atom. The fourth-order valence-corrected chi connectivity index (χ4v) is 3.34. The smallest absolute Gasteiger partial charge is 0.343 e. The van der Waals surface area contributed by atoms with Gasteiger partial charge in [0, 0.05) is 39.8 Å². The van der Waals surface area contributed by atoms with Gasteiger partial charge < -0.3 is 19.3 Å². The summed E-state index contributed by atoms with van der Waals surface area (Å²) in [6.07, 6.45) is 6.44. The summed E-state index contributed by atoms with van der Waals surface area (Å²) in [5, 5.41) is 7.63. The standard InChI is InChI=1S/C22H27N5O5/c1-25(2)22(30)18-7-6-16(13-19(18)32-15-21(29)31-3)17-5-4-10-26(14-17)20(28)8-11-27-12-9-23-24-27/h5-7,9,12-13H,4,8,10-11,14-15H2,1-3H3. The van der Waals surface area contributed by atoms with Crippen LogP contribution in [-0.4, -0.2) is 83.5 Å². The number of rotatable bonds is 8. The maximum Gasteiger partial charge on any atom is 0.343 e. The van der Waals surface area contributed by atoms with Crippen LogP contribution in [0, 0.1) is 0 Å². The molecule has 3 rings (SSSR count). The molecule has 0 saturated carbocycles. The third-order valence-corrected chi connectivity index (χ3v) is 5.09.